The number of pyridine rings is 1. The van der Waals surface area contributed by atoms with Gasteiger partial charge in [0.1, 0.15) is 12.4 Å². The van der Waals surface area contributed by atoms with Crippen LogP contribution >= 0.6 is 11.6 Å². The van der Waals surface area contributed by atoms with Gasteiger partial charge in [0.05, 0.1) is 0 Å². The Labute approximate surface area is 200 Å². The molecule has 0 unspecified atom stereocenters. The maximum Gasteiger partial charge on any atom is 0.333 e. The molecule has 3 amide bonds. The Bertz CT molecular complexity index is 1260. The Morgan fingerprint density at radius 2 is 1.79 bits per heavy atom. The van der Waals surface area contributed by atoms with E-state index in [1.807, 2.05) is 6.07 Å². The number of nitrogens with zero attached hydrogens (tertiary/aromatic N) is 3. The number of nitrogens with one attached hydrogen (secondary N) is 4. The highest BCUT2D eigenvalue weighted by Crippen LogP contribution is 2.14. The second kappa shape index (κ2) is 11.1. The lowest BCUT2D eigenvalue weighted by Gasteiger charge is -2.14. The van der Waals surface area contributed by atoms with E-state index in [4.69, 9.17) is 17.3 Å². The zero-order valence-corrected chi connectivity index (χ0v) is 19.4. The van der Waals surface area contributed by atoms with Gasteiger partial charge in [-0.3, -0.25) is 25.0 Å². The molecule has 0 bridgehead atoms. The molecule has 11 nitrogen and oxygen atoms in total. The van der Waals surface area contributed by atoms with E-state index < -0.39 is 11.6 Å². The molecule has 0 aliphatic heterocycles. The Morgan fingerprint density at radius 1 is 1.06 bits per heavy atom. The molecule has 0 spiro atoms. The van der Waals surface area contributed by atoms with Crippen LogP contribution in [-0.4, -0.2) is 26.5 Å². The summed E-state index contributed by atoms with van der Waals surface area (Å²) in [5, 5.41) is 5.90. The molecule has 0 atom stereocenters. The van der Waals surface area contributed by atoms with Gasteiger partial charge >= 0.3 is 6.03 Å². The van der Waals surface area contributed by atoms with Crippen LogP contribution in [0.2, 0.25) is 5.02 Å². The first-order chi connectivity index (χ1) is 16.2. The number of aromatic nitrogens is 3. The van der Waals surface area contributed by atoms with Crippen molar-refractivity contribution in [3.63, 3.8) is 0 Å². The average molecular weight is 485 g/mol. The van der Waals surface area contributed by atoms with Crippen LogP contribution in [0.3, 0.4) is 0 Å². The van der Waals surface area contributed by atoms with E-state index in [0.717, 1.165) is 11.1 Å². The minimum absolute atomic E-state index is 0.134. The molecule has 0 saturated heterocycles. The van der Waals surface area contributed by atoms with Crippen molar-refractivity contribution in [2.45, 2.75) is 33.5 Å². The fourth-order valence-electron chi connectivity index (χ4n) is 3.02. The van der Waals surface area contributed by atoms with E-state index in [-0.39, 0.29) is 31.4 Å². The topological polar surface area (TPSA) is 156 Å². The van der Waals surface area contributed by atoms with E-state index >= 15 is 0 Å². The molecule has 12 heteroatoms. The minimum Gasteiger partial charge on any atom is -0.384 e. The van der Waals surface area contributed by atoms with Gasteiger partial charge in [-0.2, -0.15) is 0 Å². The quantitative estimate of drug-likeness (QED) is 0.304. The number of hydrogen-bond donors (Lipinski definition) is 5. The second-order valence-corrected chi connectivity index (χ2v) is 7.83. The van der Waals surface area contributed by atoms with Crippen molar-refractivity contribution in [3.8, 4) is 0 Å². The largest absolute Gasteiger partial charge is 0.384 e. The highest BCUT2D eigenvalue weighted by atomic mass is 35.5. The Balaban J connectivity index is 1.57. The average Bonchev–Trinajstić information content (AvgIpc) is 2.80. The van der Waals surface area contributed by atoms with E-state index in [1.54, 1.807) is 44.2 Å². The maximum atomic E-state index is 12.8. The summed E-state index contributed by atoms with van der Waals surface area (Å²) in [6, 6.07) is 9.95. The van der Waals surface area contributed by atoms with Crippen molar-refractivity contribution in [1.29, 1.82) is 0 Å². The lowest BCUT2D eigenvalue weighted by Crippen LogP contribution is -2.42. The summed E-state index contributed by atoms with van der Waals surface area (Å²) in [6.45, 7) is 3.67. The summed E-state index contributed by atoms with van der Waals surface area (Å²) in [5.74, 6) is -0.105. The summed E-state index contributed by atoms with van der Waals surface area (Å²) in [5.41, 5.74) is 12.7. The second-order valence-electron chi connectivity index (χ2n) is 7.42. The van der Waals surface area contributed by atoms with Gasteiger partial charge in [0.15, 0.2) is 0 Å². The van der Waals surface area contributed by atoms with Crippen molar-refractivity contribution in [1.82, 2.24) is 30.6 Å². The van der Waals surface area contributed by atoms with Crippen molar-refractivity contribution in [2.24, 2.45) is 0 Å². The van der Waals surface area contributed by atoms with Gasteiger partial charge in [0.2, 0.25) is 11.7 Å². The number of nitrogens with two attached hydrogens (primary N) is 1. The number of urea groups is 1. The third kappa shape index (κ3) is 6.45. The van der Waals surface area contributed by atoms with Gasteiger partial charge in [-0.05, 0) is 37.1 Å². The van der Waals surface area contributed by atoms with E-state index in [1.165, 1.54) is 10.8 Å². The molecule has 0 saturated carbocycles. The van der Waals surface area contributed by atoms with Gasteiger partial charge in [-0.15, -0.1) is 0 Å². The Hall–Kier alpha value is -4.12. The fraction of sp³-hybridized carbons (Fsp3) is 0.227. The van der Waals surface area contributed by atoms with Gasteiger partial charge in [0, 0.05) is 35.7 Å². The first-order valence-electron chi connectivity index (χ1n) is 10.3. The van der Waals surface area contributed by atoms with Crippen LogP contribution in [0.25, 0.3) is 0 Å². The lowest BCUT2D eigenvalue weighted by atomic mass is 10.2. The number of halogens is 1. The molecule has 6 N–H and O–H groups in total. The van der Waals surface area contributed by atoms with Crippen molar-refractivity contribution < 1.29 is 9.59 Å². The van der Waals surface area contributed by atoms with Gasteiger partial charge < -0.3 is 16.4 Å². The van der Waals surface area contributed by atoms with Crippen LogP contribution in [0.15, 0.2) is 47.4 Å². The van der Waals surface area contributed by atoms with E-state index in [0.29, 0.717) is 22.2 Å². The number of rotatable bonds is 8. The third-order valence-corrected chi connectivity index (χ3v) is 5.31. The van der Waals surface area contributed by atoms with E-state index in [2.05, 4.69) is 31.5 Å². The molecule has 0 aliphatic rings. The molecule has 34 heavy (non-hydrogen) atoms. The predicted octanol–water partition coefficient (Wildman–Crippen LogP) is 1.63. The first kappa shape index (κ1) is 24.5. The zero-order valence-electron chi connectivity index (χ0n) is 18.7. The maximum absolute atomic E-state index is 12.8. The lowest BCUT2D eigenvalue weighted by molar-refractivity contribution is -0.121. The van der Waals surface area contributed by atoms with Crippen LogP contribution in [0.1, 0.15) is 22.5 Å². The minimum atomic E-state index is -0.585. The van der Waals surface area contributed by atoms with Gasteiger partial charge in [-0.1, -0.05) is 35.9 Å². The number of carbonyl (C=O) groups is 2. The molecule has 3 rings (SSSR count). The predicted molar refractivity (Wildman–Crippen MR) is 129 cm³/mol. The summed E-state index contributed by atoms with van der Waals surface area (Å²) in [6.07, 6.45) is 1.42. The van der Waals surface area contributed by atoms with Gasteiger partial charge in [0.25, 0.3) is 5.56 Å². The summed E-state index contributed by atoms with van der Waals surface area (Å²) in [7, 11) is 0. The summed E-state index contributed by atoms with van der Waals surface area (Å²) >= 11 is 6.06. The van der Waals surface area contributed by atoms with Crippen LogP contribution in [-0.2, 0) is 24.4 Å². The molecule has 0 fully saturated rings. The number of amides is 3. The molecule has 2 aromatic heterocycles. The van der Waals surface area contributed by atoms with Crippen molar-refractivity contribution in [2.75, 3.05) is 11.2 Å². The molecular formula is C22H25ClN8O3. The number of hydrazine groups is 1. The molecule has 178 valence electrons. The number of anilines is 2. The molecule has 3 aromatic rings. The number of benzene rings is 1. The first-order valence-corrected chi connectivity index (χ1v) is 10.7. The number of aryl methyl sites for hydroxylation is 2. The van der Waals surface area contributed by atoms with Crippen LogP contribution in [0, 0.1) is 13.8 Å². The summed E-state index contributed by atoms with van der Waals surface area (Å²) in [4.78, 5) is 45.4. The highest BCUT2D eigenvalue weighted by Gasteiger charge is 2.13. The van der Waals surface area contributed by atoms with Crippen LogP contribution in [0.4, 0.5) is 16.4 Å². The molecule has 2 heterocycles. The normalized spacial score (nSPS) is 10.4. The van der Waals surface area contributed by atoms with Crippen molar-refractivity contribution in [3.05, 3.63) is 80.5 Å². The summed E-state index contributed by atoms with van der Waals surface area (Å²) < 4.78 is 1.25. The number of hydrogen-bond acceptors (Lipinski definition) is 7. The molecule has 0 aliphatic carbocycles. The highest BCUT2D eigenvalue weighted by molar-refractivity contribution is 6.31. The molecule has 0 radical (unpaired) electrons. The Kier molecular flexibility index (Phi) is 8.04. The van der Waals surface area contributed by atoms with Crippen LogP contribution < -0.4 is 32.8 Å². The van der Waals surface area contributed by atoms with Crippen molar-refractivity contribution >= 4 is 35.2 Å². The fourth-order valence-corrected chi connectivity index (χ4v) is 3.22. The number of carbonyl (C=O) groups excluding carboxylic acids is 2. The standard InChI is InChI=1S/C22H25ClN8O3/c1-13-9-26-20(29-30-22(34)27-11-16-5-3-4-6-17(16)23)21(33)31(13)12-19(32)25-10-15-7-8-18(24)28-14(15)2/h3-9H,10-12H2,1-2H3,(H2,24,28)(H,25,32)(H,26,29)(H2,27,30,34). The Morgan fingerprint density at radius 3 is 2.53 bits per heavy atom. The number of nitrogen functional groups attached to an aromatic ring is 1. The van der Waals surface area contributed by atoms with E-state index in [9.17, 15) is 14.4 Å². The molecule has 1 aromatic carbocycles. The smallest absolute Gasteiger partial charge is 0.333 e. The monoisotopic (exact) mass is 484 g/mol. The third-order valence-electron chi connectivity index (χ3n) is 4.94. The zero-order chi connectivity index (χ0) is 24.7. The SMILES string of the molecule is Cc1nc(N)ccc1CNC(=O)Cn1c(C)cnc(NNC(=O)NCc2ccccc2Cl)c1=O. The van der Waals surface area contributed by atoms with Gasteiger partial charge in [-0.25, -0.2) is 14.8 Å². The van der Waals surface area contributed by atoms with Crippen LogP contribution in [0.5, 0.6) is 0 Å². The molecular weight excluding hydrogens is 460 g/mol.